The van der Waals surface area contributed by atoms with Gasteiger partial charge in [-0.05, 0) is 44.5 Å². The molecule has 2 heterocycles. The second-order valence-corrected chi connectivity index (χ2v) is 6.36. The fourth-order valence-electron chi connectivity index (χ4n) is 3.15. The molecule has 0 spiro atoms. The lowest BCUT2D eigenvalue weighted by Gasteiger charge is -2.12. The van der Waals surface area contributed by atoms with Crippen LogP contribution in [0, 0.1) is 13.8 Å². The monoisotopic (exact) mass is 371 g/mol. The summed E-state index contributed by atoms with van der Waals surface area (Å²) in [6, 6.07) is 5.69. The normalized spacial score (nSPS) is 11.1. The zero-order valence-electron chi connectivity index (χ0n) is 16.4. The summed E-state index contributed by atoms with van der Waals surface area (Å²) >= 11 is 0. The Hall–Kier alpha value is -2.87. The van der Waals surface area contributed by atoms with Gasteiger partial charge in [-0.25, -0.2) is 4.98 Å². The van der Waals surface area contributed by atoms with Crippen molar-refractivity contribution in [1.82, 2.24) is 19.3 Å². The molecule has 3 rings (SSSR count). The molecule has 2 aromatic heterocycles. The van der Waals surface area contributed by atoms with Crippen molar-refractivity contribution in [1.29, 1.82) is 0 Å². The Balaban J connectivity index is 2.05. The lowest BCUT2D eigenvalue weighted by atomic mass is 10.2. The molecule has 1 amide bonds. The van der Waals surface area contributed by atoms with E-state index in [4.69, 9.17) is 9.47 Å². The van der Waals surface area contributed by atoms with E-state index in [0.717, 1.165) is 22.3 Å². The topological polar surface area (TPSA) is 83.2 Å². The number of rotatable bonds is 7. The summed E-state index contributed by atoms with van der Waals surface area (Å²) in [5.74, 6) is 0.920. The van der Waals surface area contributed by atoms with Crippen LogP contribution in [0.1, 0.15) is 28.7 Å². The van der Waals surface area contributed by atoms with E-state index < -0.39 is 0 Å². The lowest BCUT2D eigenvalue weighted by molar-refractivity contribution is 0.101. The molecule has 1 N–H and O–H groups in total. The fourth-order valence-corrected chi connectivity index (χ4v) is 3.15. The van der Waals surface area contributed by atoms with Gasteiger partial charge in [0.25, 0.3) is 5.91 Å². The van der Waals surface area contributed by atoms with Crippen LogP contribution in [-0.4, -0.2) is 46.1 Å². The Morgan fingerprint density at radius 2 is 2.00 bits per heavy atom. The molecule has 1 aromatic carbocycles. The number of hydrogen-bond donors (Lipinski definition) is 1. The Kier molecular flexibility index (Phi) is 5.46. The Labute approximate surface area is 158 Å². The molecule has 8 nitrogen and oxygen atoms in total. The number of amides is 1. The maximum atomic E-state index is 12.8. The Morgan fingerprint density at radius 1 is 1.22 bits per heavy atom. The average Bonchev–Trinajstić information content (AvgIpc) is 3.18. The van der Waals surface area contributed by atoms with E-state index in [1.54, 1.807) is 25.0 Å². The highest BCUT2D eigenvalue weighted by atomic mass is 16.5. The number of benzene rings is 1. The van der Waals surface area contributed by atoms with Crippen LogP contribution in [0.5, 0.6) is 5.75 Å². The van der Waals surface area contributed by atoms with Crippen LogP contribution in [-0.2, 0) is 17.8 Å². The van der Waals surface area contributed by atoms with Gasteiger partial charge in [0.05, 0.1) is 24.9 Å². The average molecular weight is 371 g/mol. The molecular formula is C19H25N5O3. The third kappa shape index (κ3) is 3.66. The fraction of sp³-hybridized carbons (Fsp3) is 0.421. The first kappa shape index (κ1) is 18.9. The number of imidazole rings is 1. The molecule has 0 saturated heterocycles. The van der Waals surface area contributed by atoms with Crippen molar-refractivity contribution in [3.8, 4) is 5.75 Å². The number of methoxy groups -OCH3 is 2. The first-order valence-corrected chi connectivity index (χ1v) is 8.88. The zero-order chi connectivity index (χ0) is 19.6. The van der Waals surface area contributed by atoms with Crippen molar-refractivity contribution in [3.05, 3.63) is 35.2 Å². The van der Waals surface area contributed by atoms with Crippen molar-refractivity contribution in [2.45, 2.75) is 33.9 Å². The molecule has 0 radical (unpaired) electrons. The predicted molar refractivity (Wildman–Crippen MR) is 103 cm³/mol. The quantitative estimate of drug-likeness (QED) is 0.690. The number of nitrogens with zero attached hydrogens (tertiary/aromatic N) is 4. The van der Waals surface area contributed by atoms with Gasteiger partial charge in [-0.1, -0.05) is 0 Å². The highest BCUT2D eigenvalue weighted by Crippen LogP contribution is 2.30. The number of carbonyl (C=O) groups excluding carboxylic acids is 1. The molecule has 3 aromatic rings. The Morgan fingerprint density at radius 3 is 2.67 bits per heavy atom. The number of aromatic nitrogens is 4. The van der Waals surface area contributed by atoms with Crippen molar-refractivity contribution in [3.63, 3.8) is 0 Å². The van der Waals surface area contributed by atoms with Gasteiger partial charge in [0.2, 0.25) is 5.95 Å². The molecule has 8 heteroatoms. The molecule has 0 saturated carbocycles. The molecule has 0 unspecified atom stereocenters. The zero-order valence-corrected chi connectivity index (χ0v) is 16.4. The van der Waals surface area contributed by atoms with Gasteiger partial charge in [-0.2, -0.15) is 5.10 Å². The molecule has 0 aliphatic heterocycles. The SMILES string of the molecule is CCn1nc(C)cc1C(=O)Nc1nc2cc(C)cc(OC)c2n1CCOC. The first-order valence-electron chi connectivity index (χ1n) is 8.88. The minimum atomic E-state index is -0.248. The van der Waals surface area contributed by atoms with Gasteiger partial charge in [-0.3, -0.25) is 14.8 Å². The summed E-state index contributed by atoms with van der Waals surface area (Å²) in [6.45, 7) is 7.43. The van der Waals surface area contributed by atoms with Gasteiger partial charge in [0, 0.05) is 20.2 Å². The van der Waals surface area contributed by atoms with Crippen molar-refractivity contribution < 1.29 is 14.3 Å². The third-order valence-electron chi connectivity index (χ3n) is 4.35. The van der Waals surface area contributed by atoms with Crippen LogP contribution in [0.3, 0.4) is 0 Å². The molecule has 27 heavy (non-hydrogen) atoms. The van der Waals surface area contributed by atoms with Crippen LogP contribution in [0.4, 0.5) is 5.95 Å². The highest BCUT2D eigenvalue weighted by Gasteiger charge is 2.20. The smallest absolute Gasteiger partial charge is 0.276 e. The summed E-state index contributed by atoms with van der Waals surface area (Å²) in [6.07, 6.45) is 0. The van der Waals surface area contributed by atoms with E-state index in [2.05, 4.69) is 15.4 Å². The molecule has 0 aliphatic rings. The van der Waals surface area contributed by atoms with Crippen molar-refractivity contribution in [2.75, 3.05) is 26.1 Å². The molecular weight excluding hydrogens is 346 g/mol. The molecule has 144 valence electrons. The summed E-state index contributed by atoms with van der Waals surface area (Å²) < 4.78 is 14.4. The number of carbonyl (C=O) groups is 1. The van der Waals surface area contributed by atoms with E-state index in [9.17, 15) is 4.79 Å². The van der Waals surface area contributed by atoms with Crippen LogP contribution in [0.25, 0.3) is 11.0 Å². The van der Waals surface area contributed by atoms with E-state index in [-0.39, 0.29) is 5.91 Å². The van der Waals surface area contributed by atoms with Gasteiger partial charge < -0.3 is 14.0 Å². The van der Waals surface area contributed by atoms with Gasteiger partial charge in [0.1, 0.15) is 17.0 Å². The number of anilines is 1. The first-order chi connectivity index (χ1) is 13.0. The van der Waals surface area contributed by atoms with Gasteiger partial charge >= 0.3 is 0 Å². The second kappa shape index (κ2) is 7.79. The van der Waals surface area contributed by atoms with Crippen LogP contribution in [0.15, 0.2) is 18.2 Å². The predicted octanol–water partition coefficient (Wildman–Crippen LogP) is 2.78. The number of aryl methyl sites for hydroxylation is 3. The summed E-state index contributed by atoms with van der Waals surface area (Å²) in [5, 5.41) is 7.26. The van der Waals surface area contributed by atoms with Crippen LogP contribution >= 0.6 is 0 Å². The van der Waals surface area contributed by atoms with Gasteiger partial charge in [-0.15, -0.1) is 0 Å². The Bertz CT molecular complexity index is 974. The number of nitrogens with one attached hydrogen (secondary N) is 1. The van der Waals surface area contributed by atoms with Gasteiger partial charge in [0.15, 0.2) is 0 Å². The maximum Gasteiger partial charge on any atom is 0.276 e. The van der Waals surface area contributed by atoms with E-state index in [1.165, 1.54) is 0 Å². The largest absolute Gasteiger partial charge is 0.494 e. The third-order valence-corrected chi connectivity index (χ3v) is 4.35. The standard InChI is InChI=1S/C19H25N5O3/c1-6-24-15(11-13(3)22-24)18(25)21-19-20-14-9-12(2)10-16(27-5)17(14)23(19)7-8-26-4/h9-11H,6-8H2,1-5H3,(H,20,21,25). The number of hydrogen-bond acceptors (Lipinski definition) is 5. The van der Waals surface area contributed by atoms with E-state index in [0.29, 0.717) is 37.1 Å². The molecule has 0 fully saturated rings. The summed E-state index contributed by atoms with van der Waals surface area (Å²) in [5.41, 5.74) is 3.93. The molecule has 0 bridgehead atoms. The molecule has 0 aliphatic carbocycles. The minimum absolute atomic E-state index is 0.248. The van der Waals surface area contributed by atoms with Crippen LogP contribution < -0.4 is 10.1 Å². The second-order valence-electron chi connectivity index (χ2n) is 6.36. The molecule has 0 atom stereocenters. The van der Waals surface area contributed by atoms with Crippen LogP contribution in [0.2, 0.25) is 0 Å². The van der Waals surface area contributed by atoms with Crippen molar-refractivity contribution in [2.24, 2.45) is 0 Å². The minimum Gasteiger partial charge on any atom is -0.494 e. The van der Waals surface area contributed by atoms with E-state index in [1.807, 2.05) is 37.5 Å². The number of fused-ring (bicyclic) bond motifs is 1. The maximum absolute atomic E-state index is 12.8. The van der Waals surface area contributed by atoms with Crippen molar-refractivity contribution >= 4 is 22.9 Å². The lowest BCUT2D eigenvalue weighted by Crippen LogP contribution is -2.20. The summed E-state index contributed by atoms with van der Waals surface area (Å²) in [4.78, 5) is 17.5. The number of ether oxygens (including phenoxy) is 2. The highest BCUT2D eigenvalue weighted by molar-refractivity contribution is 6.03. The summed E-state index contributed by atoms with van der Waals surface area (Å²) in [7, 11) is 3.27. The van der Waals surface area contributed by atoms with E-state index >= 15 is 0 Å².